The van der Waals surface area contributed by atoms with Crippen LogP contribution in [0.5, 0.6) is 11.5 Å². The molecule has 202 valence electrons. The highest BCUT2D eigenvalue weighted by Gasteiger charge is 2.30. The maximum Gasteiger partial charge on any atom is 0.416 e. The van der Waals surface area contributed by atoms with Crippen LogP contribution in [0.2, 0.25) is 0 Å². The summed E-state index contributed by atoms with van der Waals surface area (Å²) in [5.74, 6) is -3.71. The third-order valence-electron chi connectivity index (χ3n) is 4.95. The molecule has 0 fully saturated rings. The molecule has 0 unspecified atom stereocenters. The number of halogens is 3. The number of unbranched alkanes of at least 4 members (excludes halogenated alkanes) is 3. The number of hydrogen-bond donors (Lipinski definition) is 4. The quantitative estimate of drug-likeness (QED) is 0.171. The van der Waals surface area contributed by atoms with Crippen LogP contribution in [-0.2, 0) is 15.8 Å². The van der Waals surface area contributed by atoms with E-state index in [2.05, 4.69) is 17.2 Å². The van der Waals surface area contributed by atoms with E-state index < -0.39 is 40.7 Å². The van der Waals surface area contributed by atoms with Crippen LogP contribution in [0.25, 0.3) is 0 Å². The van der Waals surface area contributed by atoms with Gasteiger partial charge in [-0.05, 0) is 43.2 Å². The van der Waals surface area contributed by atoms with E-state index in [1.807, 2.05) is 0 Å². The lowest BCUT2D eigenvalue weighted by molar-refractivity contribution is -0.138. The molecule has 0 heterocycles. The first-order valence-corrected chi connectivity index (χ1v) is 11.5. The summed E-state index contributed by atoms with van der Waals surface area (Å²) in [5.41, 5.74) is -2.14. The predicted octanol–water partition coefficient (Wildman–Crippen LogP) is 7.01. The number of aromatic carboxylic acids is 1. The molecule has 2 rings (SSSR count). The third kappa shape index (κ3) is 11.5. The van der Waals surface area contributed by atoms with Crippen LogP contribution >= 0.6 is 0 Å². The number of aliphatic carboxylic acids is 1. The first kappa shape index (κ1) is 31.1. The number of azo groups is 1. The molecule has 0 aliphatic carbocycles. The fourth-order valence-electron chi connectivity index (χ4n) is 3.03. The lowest BCUT2D eigenvalue weighted by atomic mass is 10.1. The number of carboxylic acids is 2. The number of ketones is 1. The molecule has 9 nitrogen and oxygen atoms in total. The van der Waals surface area contributed by atoms with E-state index in [-0.39, 0.29) is 23.6 Å². The number of rotatable bonds is 12. The summed E-state index contributed by atoms with van der Waals surface area (Å²) in [7, 11) is 0. The number of carbonyl (C=O) groups excluding carboxylic acids is 1. The second kappa shape index (κ2) is 15.2. The number of Topliss-reactive ketones (excluding diaryl/α,β-unsaturated/α-hetero) is 1. The Bertz CT molecular complexity index is 1100. The van der Waals surface area contributed by atoms with E-state index in [1.54, 1.807) is 0 Å². The molecule has 4 N–H and O–H groups in total. The van der Waals surface area contributed by atoms with Crippen molar-refractivity contribution in [3.05, 3.63) is 47.5 Å². The van der Waals surface area contributed by atoms with Crippen molar-refractivity contribution in [1.29, 1.82) is 0 Å². The minimum absolute atomic E-state index is 0.112. The number of aromatic hydroxyl groups is 2. The highest BCUT2D eigenvalue weighted by Crippen LogP contribution is 2.37. The van der Waals surface area contributed by atoms with Crippen LogP contribution in [-0.4, -0.2) is 38.1 Å². The largest absolute Gasteiger partial charge is 0.507 e. The van der Waals surface area contributed by atoms with Crippen molar-refractivity contribution >= 4 is 29.1 Å². The van der Waals surface area contributed by atoms with Gasteiger partial charge in [-0.3, -0.25) is 9.59 Å². The summed E-state index contributed by atoms with van der Waals surface area (Å²) in [6.45, 7) is 2.13. The fraction of sp³-hybridized carbons (Fsp3) is 0.400. The van der Waals surface area contributed by atoms with Crippen molar-refractivity contribution < 1.29 is 48.0 Å². The molecule has 0 saturated heterocycles. The van der Waals surface area contributed by atoms with Crippen LogP contribution in [0.15, 0.2) is 46.6 Å². The van der Waals surface area contributed by atoms with Crippen LogP contribution in [0.4, 0.5) is 24.5 Å². The van der Waals surface area contributed by atoms with Gasteiger partial charge >= 0.3 is 18.1 Å². The Morgan fingerprint density at radius 3 is 2.14 bits per heavy atom. The summed E-state index contributed by atoms with van der Waals surface area (Å²) in [6, 6.07) is 6.06. The molecule has 37 heavy (non-hydrogen) atoms. The van der Waals surface area contributed by atoms with Gasteiger partial charge in [-0.15, -0.1) is 5.11 Å². The van der Waals surface area contributed by atoms with Crippen LogP contribution in [0.1, 0.15) is 74.2 Å². The van der Waals surface area contributed by atoms with Crippen LogP contribution in [0, 0.1) is 0 Å². The maximum atomic E-state index is 12.6. The lowest BCUT2D eigenvalue weighted by Crippen LogP contribution is -2.03. The topological polar surface area (TPSA) is 157 Å². The molecule has 0 aromatic heterocycles. The van der Waals surface area contributed by atoms with Gasteiger partial charge in [0.1, 0.15) is 22.8 Å². The van der Waals surface area contributed by atoms with Crippen molar-refractivity contribution in [1.82, 2.24) is 0 Å². The smallest absolute Gasteiger partial charge is 0.416 e. The number of alkyl halides is 3. The van der Waals surface area contributed by atoms with E-state index in [0.717, 1.165) is 43.2 Å². The first-order valence-electron chi connectivity index (χ1n) is 11.5. The number of carbonyl (C=O) groups is 3. The summed E-state index contributed by atoms with van der Waals surface area (Å²) in [4.78, 5) is 32.3. The van der Waals surface area contributed by atoms with Crippen molar-refractivity contribution in [2.45, 2.75) is 64.5 Å². The van der Waals surface area contributed by atoms with Gasteiger partial charge in [0.15, 0.2) is 5.75 Å². The lowest BCUT2D eigenvalue weighted by Gasteiger charge is -2.06. The molecule has 0 spiro atoms. The average molecular weight is 527 g/mol. The molecule has 0 amide bonds. The standard InChI is InChI=1S/C14H9F3N2O4.C11H20O3/c15-14(16,17)7-2-1-3-8(6-7)18-19-9-4-5-10(20)11(12(9)21)13(22)23;1-2-3-4-5-7-10(12)8-6-9-11(13)14/h1-6,20-21H,(H,22,23);2-9H2,1H3,(H,13,14). The third-order valence-corrected chi connectivity index (χ3v) is 4.95. The zero-order valence-electron chi connectivity index (χ0n) is 20.2. The molecule has 0 bridgehead atoms. The Balaban J connectivity index is 0.000000422. The molecule has 12 heteroatoms. The molecule has 0 radical (unpaired) electrons. The SMILES string of the molecule is CCCCCCC(=O)CCCC(=O)O.O=C(O)c1c(O)ccc(N=Nc2cccc(C(F)(F)F)c2)c1O. The molecule has 0 saturated carbocycles. The Morgan fingerprint density at radius 1 is 0.865 bits per heavy atom. The van der Waals surface area contributed by atoms with Gasteiger partial charge in [-0.25, -0.2) is 4.79 Å². The van der Waals surface area contributed by atoms with Gasteiger partial charge in [0.2, 0.25) is 0 Å². The van der Waals surface area contributed by atoms with Gasteiger partial charge in [0, 0.05) is 19.3 Å². The summed E-state index contributed by atoms with van der Waals surface area (Å²) >= 11 is 0. The molecular formula is C25H29F3N2O7. The van der Waals surface area contributed by atoms with Crippen LogP contribution in [0.3, 0.4) is 0 Å². The second-order valence-corrected chi connectivity index (χ2v) is 7.98. The van der Waals surface area contributed by atoms with Crippen molar-refractivity contribution in [2.75, 3.05) is 0 Å². The predicted molar refractivity (Wildman–Crippen MR) is 128 cm³/mol. The number of phenols is 2. The van der Waals surface area contributed by atoms with E-state index in [9.17, 15) is 37.8 Å². The van der Waals surface area contributed by atoms with Crippen molar-refractivity contribution in [2.24, 2.45) is 10.2 Å². The van der Waals surface area contributed by atoms with Gasteiger partial charge in [0.05, 0.1) is 11.3 Å². The van der Waals surface area contributed by atoms with Gasteiger partial charge in [-0.1, -0.05) is 32.3 Å². The Labute approximate surface area is 211 Å². The fourth-order valence-corrected chi connectivity index (χ4v) is 3.03. The van der Waals surface area contributed by atoms with Crippen molar-refractivity contribution in [3.63, 3.8) is 0 Å². The highest BCUT2D eigenvalue weighted by atomic mass is 19.4. The highest BCUT2D eigenvalue weighted by molar-refractivity contribution is 5.95. The average Bonchev–Trinajstić information content (AvgIpc) is 2.81. The normalized spacial score (nSPS) is 11.1. The number of nitrogens with zero attached hydrogens (tertiary/aromatic N) is 2. The van der Waals surface area contributed by atoms with E-state index >= 15 is 0 Å². The zero-order chi connectivity index (χ0) is 28.0. The van der Waals surface area contributed by atoms with E-state index in [0.29, 0.717) is 19.3 Å². The van der Waals surface area contributed by atoms with E-state index in [1.165, 1.54) is 18.9 Å². The molecule has 2 aromatic carbocycles. The van der Waals surface area contributed by atoms with Gasteiger partial charge in [0.25, 0.3) is 0 Å². The molecular weight excluding hydrogens is 497 g/mol. The summed E-state index contributed by atoms with van der Waals surface area (Å²) < 4.78 is 37.7. The van der Waals surface area contributed by atoms with Gasteiger partial charge in [-0.2, -0.15) is 18.3 Å². The molecule has 0 atom stereocenters. The maximum absolute atomic E-state index is 12.6. The number of benzene rings is 2. The summed E-state index contributed by atoms with van der Waals surface area (Å²) in [6.07, 6.45) is 1.54. The summed E-state index contributed by atoms with van der Waals surface area (Å²) in [5, 5.41) is 43.4. The van der Waals surface area contributed by atoms with Crippen LogP contribution < -0.4 is 0 Å². The minimum atomic E-state index is -4.54. The monoisotopic (exact) mass is 526 g/mol. The van der Waals surface area contributed by atoms with E-state index in [4.69, 9.17) is 10.2 Å². The molecule has 2 aromatic rings. The number of hydrogen-bond acceptors (Lipinski definition) is 7. The Morgan fingerprint density at radius 2 is 1.54 bits per heavy atom. The molecule has 0 aliphatic heterocycles. The second-order valence-electron chi connectivity index (χ2n) is 7.98. The van der Waals surface area contributed by atoms with Gasteiger partial charge < -0.3 is 20.4 Å². The minimum Gasteiger partial charge on any atom is -0.507 e. The Hall–Kier alpha value is -3.96. The molecule has 0 aliphatic rings. The Kier molecular flexibility index (Phi) is 12.8. The zero-order valence-corrected chi connectivity index (χ0v) is 20.2. The first-order chi connectivity index (χ1) is 17.4. The van der Waals surface area contributed by atoms with Crippen molar-refractivity contribution in [3.8, 4) is 11.5 Å². The number of carboxylic acid groups (broad SMARTS) is 2.